The number of nitrogens with one attached hydrogen (secondary N) is 2. The monoisotopic (exact) mass is 170 g/mol. The van der Waals surface area contributed by atoms with Crippen LogP contribution in [0.4, 0.5) is 0 Å². The highest BCUT2D eigenvalue weighted by atomic mass is 15.0. The third-order valence-corrected chi connectivity index (χ3v) is 2.03. The number of likely N-dealkylation sites (N-methyl/N-ethyl adjacent to an activating group) is 2. The van der Waals surface area contributed by atoms with E-state index >= 15 is 0 Å². The van der Waals surface area contributed by atoms with E-state index in [1.807, 2.05) is 7.05 Å². The maximum atomic E-state index is 3.45. The molecule has 12 heavy (non-hydrogen) atoms. The standard InChI is InChI=1S/C10H22N2/c1-6-9(11-5)10(8(3)4)12-7-2/h6,8,10-12H,7H2,1-5H3/b9-6+. The van der Waals surface area contributed by atoms with E-state index in [1.54, 1.807) is 0 Å². The summed E-state index contributed by atoms with van der Waals surface area (Å²) >= 11 is 0. The van der Waals surface area contributed by atoms with E-state index in [0.717, 1.165) is 6.54 Å². The van der Waals surface area contributed by atoms with Crippen molar-refractivity contribution in [1.29, 1.82) is 0 Å². The predicted molar refractivity (Wildman–Crippen MR) is 55.1 cm³/mol. The molecule has 0 aliphatic rings. The molecule has 0 spiro atoms. The maximum absolute atomic E-state index is 3.45. The van der Waals surface area contributed by atoms with Crippen LogP contribution in [-0.4, -0.2) is 19.6 Å². The summed E-state index contributed by atoms with van der Waals surface area (Å²) in [5.74, 6) is 0.628. The zero-order valence-corrected chi connectivity index (χ0v) is 8.94. The minimum atomic E-state index is 0.463. The van der Waals surface area contributed by atoms with Crippen molar-refractivity contribution in [3.05, 3.63) is 11.8 Å². The van der Waals surface area contributed by atoms with E-state index in [0.29, 0.717) is 12.0 Å². The van der Waals surface area contributed by atoms with E-state index in [9.17, 15) is 0 Å². The van der Waals surface area contributed by atoms with E-state index < -0.39 is 0 Å². The first-order valence-corrected chi connectivity index (χ1v) is 4.74. The van der Waals surface area contributed by atoms with Gasteiger partial charge in [0, 0.05) is 18.8 Å². The SMILES string of the molecule is C/C=C(/NC)C(NCC)C(C)C. The highest BCUT2D eigenvalue weighted by molar-refractivity contribution is 5.08. The first kappa shape index (κ1) is 11.5. The summed E-state index contributed by atoms with van der Waals surface area (Å²) in [5.41, 5.74) is 1.28. The normalized spacial score (nSPS) is 15.0. The summed E-state index contributed by atoms with van der Waals surface area (Å²) in [7, 11) is 1.97. The van der Waals surface area contributed by atoms with Crippen LogP contribution in [0.2, 0.25) is 0 Å². The Bertz CT molecular complexity index is 139. The van der Waals surface area contributed by atoms with Crippen LogP contribution in [0.5, 0.6) is 0 Å². The third kappa shape index (κ3) is 3.26. The molecule has 0 radical (unpaired) electrons. The molecule has 0 saturated heterocycles. The van der Waals surface area contributed by atoms with Gasteiger partial charge in [-0.05, 0) is 19.4 Å². The molecular weight excluding hydrogens is 148 g/mol. The van der Waals surface area contributed by atoms with Gasteiger partial charge in [0.1, 0.15) is 0 Å². The molecule has 0 aromatic rings. The second-order valence-electron chi connectivity index (χ2n) is 3.27. The van der Waals surface area contributed by atoms with Crippen LogP contribution >= 0.6 is 0 Å². The second-order valence-corrected chi connectivity index (χ2v) is 3.27. The molecule has 0 bridgehead atoms. The fourth-order valence-corrected chi connectivity index (χ4v) is 1.40. The molecule has 0 aliphatic heterocycles. The lowest BCUT2D eigenvalue weighted by Crippen LogP contribution is -2.39. The fourth-order valence-electron chi connectivity index (χ4n) is 1.40. The summed E-state index contributed by atoms with van der Waals surface area (Å²) < 4.78 is 0. The zero-order chi connectivity index (χ0) is 9.56. The van der Waals surface area contributed by atoms with Gasteiger partial charge >= 0.3 is 0 Å². The van der Waals surface area contributed by atoms with Gasteiger partial charge in [-0.1, -0.05) is 26.8 Å². The Morgan fingerprint density at radius 1 is 1.42 bits per heavy atom. The van der Waals surface area contributed by atoms with Gasteiger partial charge in [-0.3, -0.25) is 0 Å². The second kappa shape index (κ2) is 6.06. The lowest BCUT2D eigenvalue weighted by Gasteiger charge is -2.24. The molecule has 2 N–H and O–H groups in total. The van der Waals surface area contributed by atoms with Gasteiger partial charge in [-0.15, -0.1) is 0 Å². The largest absolute Gasteiger partial charge is 0.390 e. The Kier molecular flexibility index (Phi) is 5.81. The van der Waals surface area contributed by atoms with Crippen molar-refractivity contribution in [3.8, 4) is 0 Å². The van der Waals surface area contributed by atoms with Gasteiger partial charge in [0.15, 0.2) is 0 Å². The first-order valence-electron chi connectivity index (χ1n) is 4.74. The quantitative estimate of drug-likeness (QED) is 0.657. The molecule has 0 aromatic heterocycles. The molecule has 2 heteroatoms. The Labute approximate surface area is 76.4 Å². The first-order chi connectivity index (χ1) is 5.67. The maximum Gasteiger partial charge on any atom is 0.0489 e. The molecule has 0 aliphatic carbocycles. The number of allylic oxidation sites excluding steroid dienone is 1. The zero-order valence-electron chi connectivity index (χ0n) is 8.94. The molecule has 0 fully saturated rings. The highest BCUT2D eigenvalue weighted by Gasteiger charge is 2.14. The lowest BCUT2D eigenvalue weighted by molar-refractivity contribution is 0.440. The van der Waals surface area contributed by atoms with Gasteiger partial charge in [-0.2, -0.15) is 0 Å². The number of hydrogen-bond acceptors (Lipinski definition) is 2. The Morgan fingerprint density at radius 3 is 2.25 bits per heavy atom. The molecule has 1 unspecified atom stereocenters. The van der Waals surface area contributed by atoms with Gasteiger partial charge in [0.05, 0.1) is 0 Å². The Balaban J connectivity index is 4.27. The molecule has 0 heterocycles. The molecule has 0 aromatic carbocycles. The van der Waals surface area contributed by atoms with Crippen molar-refractivity contribution in [1.82, 2.24) is 10.6 Å². The fraction of sp³-hybridized carbons (Fsp3) is 0.800. The number of rotatable bonds is 5. The molecule has 0 rings (SSSR count). The third-order valence-electron chi connectivity index (χ3n) is 2.03. The molecular formula is C10H22N2. The molecule has 0 saturated carbocycles. The molecule has 2 nitrogen and oxygen atoms in total. The summed E-state index contributed by atoms with van der Waals surface area (Å²) in [6.45, 7) is 9.68. The molecule has 1 atom stereocenters. The average Bonchev–Trinajstić information content (AvgIpc) is 2.05. The molecule has 72 valence electrons. The molecule has 0 amide bonds. The van der Waals surface area contributed by atoms with Gasteiger partial charge in [0.2, 0.25) is 0 Å². The summed E-state index contributed by atoms with van der Waals surface area (Å²) in [6.07, 6.45) is 2.13. The van der Waals surface area contributed by atoms with Crippen molar-refractivity contribution < 1.29 is 0 Å². The van der Waals surface area contributed by atoms with Gasteiger partial charge < -0.3 is 10.6 Å². The lowest BCUT2D eigenvalue weighted by atomic mass is 10.0. The Hall–Kier alpha value is -0.500. The van der Waals surface area contributed by atoms with E-state index in [-0.39, 0.29) is 0 Å². The van der Waals surface area contributed by atoms with Crippen molar-refractivity contribution in [2.24, 2.45) is 5.92 Å². The van der Waals surface area contributed by atoms with Crippen molar-refractivity contribution >= 4 is 0 Å². The van der Waals surface area contributed by atoms with Crippen LogP contribution in [-0.2, 0) is 0 Å². The summed E-state index contributed by atoms with van der Waals surface area (Å²) in [6, 6.07) is 0.463. The Morgan fingerprint density at radius 2 is 2.00 bits per heavy atom. The van der Waals surface area contributed by atoms with Gasteiger partial charge in [0.25, 0.3) is 0 Å². The van der Waals surface area contributed by atoms with Gasteiger partial charge in [-0.25, -0.2) is 0 Å². The van der Waals surface area contributed by atoms with Crippen molar-refractivity contribution in [2.45, 2.75) is 33.7 Å². The van der Waals surface area contributed by atoms with Crippen LogP contribution in [0.3, 0.4) is 0 Å². The summed E-state index contributed by atoms with van der Waals surface area (Å²) in [4.78, 5) is 0. The highest BCUT2D eigenvalue weighted by Crippen LogP contribution is 2.08. The van der Waals surface area contributed by atoms with Crippen molar-refractivity contribution in [3.63, 3.8) is 0 Å². The average molecular weight is 170 g/mol. The minimum absolute atomic E-state index is 0.463. The van der Waals surface area contributed by atoms with Crippen LogP contribution in [0.25, 0.3) is 0 Å². The predicted octanol–water partition coefficient (Wildman–Crippen LogP) is 1.74. The van der Waals surface area contributed by atoms with Crippen LogP contribution in [0.15, 0.2) is 11.8 Å². The number of hydrogen-bond donors (Lipinski definition) is 2. The van der Waals surface area contributed by atoms with Crippen LogP contribution in [0.1, 0.15) is 27.7 Å². The van der Waals surface area contributed by atoms with Crippen molar-refractivity contribution in [2.75, 3.05) is 13.6 Å². The minimum Gasteiger partial charge on any atom is -0.390 e. The van der Waals surface area contributed by atoms with E-state index in [2.05, 4.69) is 44.4 Å². The summed E-state index contributed by atoms with van der Waals surface area (Å²) in [5, 5.41) is 6.67. The van der Waals surface area contributed by atoms with E-state index in [4.69, 9.17) is 0 Å². The topological polar surface area (TPSA) is 24.1 Å². The van der Waals surface area contributed by atoms with E-state index in [1.165, 1.54) is 5.70 Å². The van der Waals surface area contributed by atoms with Crippen LogP contribution < -0.4 is 10.6 Å². The smallest absolute Gasteiger partial charge is 0.0489 e. The van der Waals surface area contributed by atoms with Crippen LogP contribution in [0, 0.1) is 5.92 Å².